The van der Waals surface area contributed by atoms with Crippen LogP contribution in [-0.4, -0.2) is 68.0 Å². The molecule has 3 aromatic rings. The van der Waals surface area contributed by atoms with Crippen LogP contribution in [0.2, 0.25) is 0 Å². The number of piperidine rings is 1. The molecule has 3 N–H and O–H groups in total. The Labute approximate surface area is 204 Å². The van der Waals surface area contributed by atoms with Crippen molar-refractivity contribution in [2.75, 3.05) is 25.0 Å². The third-order valence-electron chi connectivity index (χ3n) is 6.42. The van der Waals surface area contributed by atoms with E-state index in [2.05, 4.69) is 31.1 Å². The zero-order chi connectivity index (χ0) is 24.8. The molecule has 0 saturated carbocycles. The second kappa shape index (κ2) is 11.4. The molecule has 3 atom stereocenters. The molecule has 10 heteroatoms. The highest BCUT2D eigenvalue weighted by molar-refractivity contribution is 5.90. The van der Waals surface area contributed by atoms with Gasteiger partial charge in [0, 0.05) is 31.4 Å². The predicted octanol–water partition coefficient (Wildman–Crippen LogP) is 2.84. The Morgan fingerprint density at radius 1 is 1.26 bits per heavy atom. The van der Waals surface area contributed by atoms with Crippen molar-refractivity contribution < 1.29 is 14.3 Å². The molecule has 2 aromatic carbocycles. The molecule has 9 nitrogen and oxygen atoms in total. The third kappa shape index (κ3) is 6.83. The van der Waals surface area contributed by atoms with Gasteiger partial charge in [0.05, 0.1) is 12.1 Å². The van der Waals surface area contributed by atoms with Crippen LogP contribution < -0.4 is 10.6 Å². The molecule has 1 fully saturated rings. The number of nitrogens with one attached hydrogen (secondary N) is 2. The van der Waals surface area contributed by atoms with E-state index in [1.165, 1.54) is 12.1 Å². The summed E-state index contributed by atoms with van der Waals surface area (Å²) in [5.41, 5.74) is 2.51. The van der Waals surface area contributed by atoms with Gasteiger partial charge in [-0.1, -0.05) is 24.3 Å². The van der Waals surface area contributed by atoms with Crippen LogP contribution in [0.3, 0.4) is 0 Å². The van der Waals surface area contributed by atoms with Gasteiger partial charge in [0.25, 0.3) is 0 Å². The number of benzene rings is 2. The number of hydrogen-bond acceptors (Lipinski definition) is 6. The van der Waals surface area contributed by atoms with Gasteiger partial charge in [0.15, 0.2) is 5.82 Å². The maximum Gasteiger partial charge on any atom is 0.319 e. The second-order valence-electron chi connectivity index (χ2n) is 9.26. The first-order valence-corrected chi connectivity index (χ1v) is 11.9. The van der Waals surface area contributed by atoms with Gasteiger partial charge in [0.2, 0.25) is 0 Å². The Bertz CT molecular complexity index is 1120. The lowest BCUT2D eigenvalue weighted by atomic mass is 9.91. The van der Waals surface area contributed by atoms with Crippen LogP contribution in [0, 0.1) is 11.7 Å². The Hall–Kier alpha value is -3.37. The average molecular weight is 482 g/mol. The number of urea groups is 1. The minimum atomic E-state index is -0.707. The monoisotopic (exact) mass is 481 g/mol. The van der Waals surface area contributed by atoms with Gasteiger partial charge in [-0.05, 0) is 78.9 Å². The normalized spacial score (nSPS) is 18.1. The summed E-state index contributed by atoms with van der Waals surface area (Å²) >= 11 is 0. The SMILES string of the molecule is C[C@H](NC(=O)Nc1cccc(-c2nnnn2C)c1)[C@@H](O)CN1CCC[C@@H](Cc2ccc(F)cc2)C1. The Morgan fingerprint density at radius 3 is 2.80 bits per heavy atom. The van der Waals surface area contributed by atoms with Crippen molar-refractivity contribution >= 4 is 11.7 Å². The van der Waals surface area contributed by atoms with Gasteiger partial charge >= 0.3 is 6.03 Å². The van der Waals surface area contributed by atoms with Crippen LogP contribution in [0.5, 0.6) is 0 Å². The fraction of sp³-hybridized carbons (Fsp3) is 0.440. The zero-order valence-electron chi connectivity index (χ0n) is 20.1. The van der Waals surface area contributed by atoms with Crippen molar-refractivity contribution in [2.45, 2.75) is 38.3 Å². The van der Waals surface area contributed by atoms with Crippen molar-refractivity contribution in [3.8, 4) is 11.4 Å². The molecule has 0 unspecified atom stereocenters. The first kappa shape index (κ1) is 24.7. The highest BCUT2D eigenvalue weighted by Crippen LogP contribution is 2.22. The highest BCUT2D eigenvalue weighted by Gasteiger charge is 2.25. The molecule has 1 aromatic heterocycles. The van der Waals surface area contributed by atoms with E-state index in [4.69, 9.17) is 0 Å². The minimum Gasteiger partial charge on any atom is -0.390 e. The molecule has 1 aliphatic heterocycles. The molecule has 1 aliphatic rings. The van der Waals surface area contributed by atoms with Crippen LogP contribution in [-0.2, 0) is 13.5 Å². The summed E-state index contributed by atoms with van der Waals surface area (Å²) in [6, 6.07) is 13.1. The van der Waals surface area contributed by atoms with Crippen LogP contribution in [0.4, 0.5) is 14.9 Å². The third-order valence-corrected chi connectivity index (χ3v) is 6.42. The van der Waals surface area contributed by atoms with Gasteiger partial charge in [-0.2, -0.15) is 0 Å². The van der Waals surface area contributed by atoms with Crippen molar-refractivity contribution in [1.82, 2.24) is 30.4 Å². The number of rotatable bonds is 8. The van der Waals surface area contributed by atoms with Crippen LogP contribution in [0.15, 0.2) is 48.5 Å². The van der Waals surface area contributed by atoms with E-state index in [9.17, 15) is 14.3 Å². The van der Waals surface area contributed by atoms with Crippen molar-refractivity contribution in [2.24, 2.45) is 13.0 Å². The number of nitrogens with zero attached hydrogens (tertiary/aromatic N) is 5. The molecule has 0 radical (unpaired) electrons. The fourth-order valence-electron chi connectivity index (χ4n) is 4.54. The summed E-state index contributed by atoms with van der Waals surface area (Å²) in [5.74, 6) is 0.838. The molecular formula is C25H32FN7O2. The van der Waals surface area contributed by atoms with E-state index < -0.39 is 18.2 Å². The quantitative estimate of drug-likeness (QED) is 0.457. The van der Waals surface area contributed by atoms with Crippen LogP contribution >= 0.6 is 0 Å². The Balaban J connectivity index is 1.25. The number of likely N-dealkylation sites (tertiary alicyclic amines) is 1. The van der Waals surface area contributed by atoms with Crippen molar-refractivity contribution in [1.29, 1.82) is 0 Å². The first-order valence-electron chi connectivity index (χ1n) is 11.9. The van der Waals surface area contributed by atoms with Crippen molar-refractivity contribution in [3.63, 3.8) is 0 Å². The van der Waals surface area contributed by atoms with Gasteiger partial charge in [-0.3, -0.25) is 0 Å². The predicted molar refractivity (Wildman–Crippen MR) is 131 cm³/mol. The number of aryl methyl sites for hydroxylation is 1. The summed E-state index contributed by atoms with van der Waals surface area (Å²) < 4.78 is 14.7. The standard InChI is InChI=1S/C25H32FN7O2/c1-17(27-25(35)28-22-7-3-6-20(14-22)24-29-30-31-32(24)2)23(34)16-33-12-4-5-19(15-33)13-18-8-10-21(26)11-9-18/h3,6-11,14,17,19,23,34H,4-5,12-13,15-16H2,1-2H3,(H2,27,28,35)/t17-,19-,23-/m0/s1. The number of hydrogen-bond donors (Lipinski definition) is 3. The fourth-order valence-corrected chi connectivity index (χ4v) is 4.54. The first-order chi connectivity index (χ1) is 16.9. The van der Waals surface area contributed by atoms with E-state index in [-0.39, 0.29) is 5.82 Å². The molecule has 4 rings (SSSR count). The van der Waals surface area contributed by atoms with Gasteiger partial charge < -0.3 is 20.6 Å². The number of amides is 2. The highest BCUT2D eigenvalue weighted by atomic mass is 19.1. The molecule has 1 saturated heterocycles. The largest absolute Gasteiger partial charge is 0.390 e. The molecule has 0 bridgehead atoms. The molecule has 35 heavy (non-hydrogen) atoms. The number of β-amino-alcohol motifs (C(OH)–C–C–N with tert-alkyl or cyclic N) is 1. The summed E-state index contributed by atoms with van der Waals surface area (Å²) in [7, 11) is 1.75. The Kier molecular flexibility index (Phi) is 8.04. The summed E-state index contributed by atoms with van der Waals surface area (Å²) in [6.45, 7) is 4.07. The number of carbonyl (C=O) groups excluding carboxylic acids is 1. The van der Waals surface area contributed by atoms with E-state index in [0.717, 1.165) is 43.5 Å². The maximum atomic E-state index is 13.2. The minimum absolute atomic E-state index is 0.219. The van der Waals surface area contributed by atoms with Gasteiger partial charge in [-0.15, -0.1) is 5.10 Å². The van der Waals surface area contributed by atoms with E-state index in [1.54, 1.807) is 30.8 Å². The van der Waals surface area contributed by atoms with Gasteiger partial charge in [0.1, 0.15) is 5.82 Å². The molecular weight excluding hydrogens is 449 g/mol. The lowest BCUT2D eigenvalue weighted by Gasteiger charge is -2.35. The van der Waals surface area contributed by atoms with Crippen LogP contribution in [0.1, 0.15) is 25.3 Å². The summed E-state index contributed by atoms with van der Waals surface area (Å²) in [4.78, 5) is 14.8. The summed E-state index contributed by atoms with van der Waals surface area (Å²) in [6.07, 6.45) is 2.36. The average Bonchev–Trinajstić information content (AvgIpc) is 3.27. The number of halogens is 1. The number of tetrazole rings is 1. The summed E-state index contributed by atoms with van der Waals surface area (Å²) in [5, 5.41) is 27.8. The molecule has 0 aliphatic carbocycles. The Morgan fingerprint density at radius 2 is 2.06 bits per heavy atom. The number of aliphatic hydroxyl groups excluding tert-OH is 1. The lowest BCUT2D eigenvalue weighted by Crippen LogP contribution is -2.49. The number of carbonyl (C=O) groups is 1. The van der Waals surface area contributed by atoms with Crippen molar-refractivity contribution in [3.05, 3.63) is 59.9 Å². The second-order valence-corrected chi connectivity index (χ2v) is 9.26. The molecule has 186 valence electrons. The van der Waals surface area contributed by atoms with E-state index >= 15 is 0 Å². The van der Waals surface area contributed by atoms with Crippen LogP contribution in [0.25, 0.3) is 11.4 Å². The molecule has 2 heterocycles. The smallest absolute Gasteiger partial charge is 0.319 e. The topological polar surface area (TPSA) is 108 Å². The van der Waals surface area contributed by atoms with E-state index in [1.807, 2.05) is 24.3 Å². The maximum absolute atomic E-state index is 13.2. The lowest BCUT2D eigenvalue weighted by molar-refractivity contribution is 0.0662. The molecule has 2 amide bonds. The van der Waals surface area contributed by atoms with Gasteiger partial charge in [-0.25, -0.2) is 13.9 Å². The number of aromatic nitrogens is 4. The number of aliphatic hydroxyl groups is 1. The zero-order valence-corrected chi connectivity index (χ0v) is 20.1. The number of anilines is 1. The van der Waals surface area contributed by atoms with E-state index in [0.29, 0.717) is 24.0 Å². The molecule has 0 spiro atoms.